The van der Waals surface area contributed by atoms with Gasteiger partial charge in [0.1, 0.15) is 0 Å². The maximum absolute atomic E-state index is 12.6. The van der Waals surface area contributed by atoms with Crippen LogP contribution in [0.25, 0.3) is 0 Å². The van der Waals surface area contributed by atoms with Crippen molar-refractivity contribution < 1.29 is 14.3 Å². The molecule has 0 saturated carbocycles. The maximum Gasteiger partial charge on any atom is 0.310 e. The Kier molecular flexibility index (Phi) is 9.72. The van der Waals surface area contributed by atoms with Gasteiger partial charge in [0.2, 0.25) is 11.9 Å². The third-order valence-corrected chi connectivity index (χ3v) is 5.72. The summed E-state index contributed by atoms with van der Waals surface area (Å²) in [5, 5.41) is 3.26. The minimum Gasteiger partial charge on any atom is -0.469 e. The molecule has 0 spiro atoms. The summed E-state index contributed by atoms with van der Waals surface area (Å²) >= 11 is 0. The summed E-state index contributed by atoms with van der Waals surface area (Å²) in [6.45, 7) is 6.63. The zero-order valence-electron chi connectivity index (χ0n) is 18.4. The van der Waals surface area contributed by atoms with Gasteiger partial charge in [0, 0.05) is 71.7 Å². The number of amides is 1. The smallest absolute Gasteiger partial charge is 0.310 e. The van der Waals surface area contributed by atoms with Gasteiger partial charge in [-0.25, -0.2) is 9.97 Å². The number of nitrogens with zero attached hydrogens (tertiary/aromatic N) is 6. The van der Waals surface area contributed by atoms with E-state index >= 15 is 0 Å². The number of hydrogen-bond donors (Lipinski definition) is 1. The number of rotatable bonds is 5. The van der Waals surface area contributed by atoms with Gasteiger partial charge in [-0.05, 0) is 12.0 Å². The number of guanidine groups is 1. The van der Waals surface area contributed by atoms with Crippen LogP contribution in [0.5, 0.6) is 0 Å². The zero-order chi connectivity index (χ0) is 21.5. The molecule has 3 rings (SSSR count). The van der Waals surface area contributed by atoms with Crippen molar-refractivity contribution in [2.45, 2.75) is 13.3 Å². The fraction of sp³-hybridized carbons (Fsp3) is 0.650. The summed E-state index contributed by atoms with van der Waals surface area (Å²) < 4.78 is 4.89. The van der Waals surface area contributed by atoms with E-state index in [1.807, 2.05) is 11.8 Å². The van der Waals surface area contributed by atoms with Gasteiger partial charge in [0.15, 0.2) is 5.96 Å². The van der Waals surface area contributed by atoms with Gasteiger partial charge in [0.05, 0.1) is 13.0 Å². The van der Waals surface area contributed by atoms with Gasteiger partial charge in [0.25, 0.3) is 0 Å². The quantitative estimate of drug-likeness (QED) is 0.246. The van der Waals surface area contributed by atoms with E-state index in [2.05, 4.69) is 30.1 Å². The molecule has 2 aliphatic rings. The average molecular weight is 545 g/mol. The highest BCUT2D eigenvalue weighted by Gasteiger charge is 2.36. The first-order valence-electron chi connectivity index (χ1n) is 10.4. The molecule has 1 aromatic heterocycles. The summed E-state index contributed by atoms with van der Waals surface area (Å²) in [6.07, 6.45) is 3.85. The number of hydrogen-bond acceptors (Lipinski definition) is 7. The number of nitrogens with one attached hydrogen (secondary N) is 1. The average Bonchev–Trinajstić information content (AvgIpc) is 3.18. The Balaban J connectivity index is 0.00000341. The Morgan fingerprint density at radius 1 is 1.16 bits per heavy atom. The maximum atomic E-state index is 12.6. The van der Waals surface area contributed by atoms with E-state index in [9.17, 15) is 9.59 Å². The monoisotopic (exact) mass is 545 g/mol. The van der Waals surface area contributed by atoms with Crippen LogP contribution in [0.3, 0.4) is 0 Å². The second-order valence-electron chi connectivity index (χ2n) is 7.65. The number of likely N-dealkylation sites (tertiary alicyclic amines) is 1. The lowest BCUT2D eigenvalue weighted by Gasteiger charge is -2.34. The predicted octanol–water partition coefficient (Wildman–Crippen LogP) is 0.450. The van der Waals surface area contributed by atoms with Crippen LogP contribution in [0.15, 0.2) is 23.5 Å². The van der Waals surface area contributed by atoms with Crippen molar-refractivity contribution in [1.29, 1.82) is 0 Å². The minimum atomic E-state index is -0.185. The lowest BCUT2D eigenvalue weighted by molar-refractivity contribution is -0.146. The Morgan fingerprint density at radius 3 is 2.45 bits per heavy atom. The molecule has 0 aliphatic carbocycles. The molecule has 2 saturated heterocycles. The van der Waals surface area contributed by atoms with E-state index in [1.54, 1.807) is 25.5 Å². The molecule has 1 aromatic rings. The molecule has 0 bridgehead atoms. The number of anilines is 1. The Hall–Kier alpha value is -2.18. The Bertz CT molecular complexity index is 756. The Morgan fingerprint density at radius 2 is 1.84 bits per heavy atom. The van der Waals surface area contributed by atoms with Gasteiger partial charge in [-0.2, -0.15) is 0 Å². The van der Waals surface area contributed by atoms with Gasteiger partial charge < -0.3 is 24.8 Å². The summed E-state index contributed by atoms with van der Waals surface area (Å²) in [4.78, 5) is 43.4. The van der Waals surface area contributed by atoms with Crippen LogP contribution < -0.4 is 10.2 Å². The van der Waals surface area contributed by atoms with Crippen LogP contribution in [0.1, 0.15) is 13.3 Å². The van der Waals surface area contributed by atoms with Crippen molar-refractivity contribution >= 4 is 47.8 Å². The first-order chi connectivity index (χ1) is 14.5. The van der Waals surface area contributed by atoms with Gasteiger partial charge in [-0.1, -0.05) is 6.92 Å². The number of carbonyl (C=O) groups is 2. The number of methoxy groups -OCH3 is 1. The van der Waals surface area contributed by atoms with Crippen LogP contribution >= 0.6 is 24.0 Å². The number of aliphatic imine (C=N–C) groups is 1. The third kappa shape index (κ3) is 6.40. The number of halogens is 1. The van der Waals surface area contributed by atoms with Crippen LogP contribution in [-0.4, -0.2) is 97.6 Å². The van der Waals surface area contributed by atoms with E-state index in [0.29, 0.717) is 44.5 Å². The van der Waals surface area contributed by atoms with Crippen LogP contribution in [0, 0.1) is 11.8 Å². The van der Waals surface area contributed by atoms with E-state index in [-0.39, 0.29) is 47.7 Å². The van der Waals surface area contributed by atoms with Crippen molar-refractivity contribution in [3.63, 3.8) is 0 Å². The number of esters is 1. The number of piperazine rings is 1. The molecule has 2 aliphatic heterocycles. The summed E-state index contributed by atoms with van der Waals surface area (Å²) in [5.74, 6) is 1.40. The zero-order valence-corrected chi connectivity index (χ0v) is 20.7. The molecule has 2 fully saturated rings. The van der Waals surface area contributed by atoms with E-state index in [0.717, 1.165) is 19.6 Å². The Labute approximate surface area is 200 Å². The lowest BCUT2D eigenvalue weighted by atomic mass is 9.99. The second kappa shape index (κ2) is 12.0. The minimum absolute atomic E-state index is 0. The van der Waals surface area contributed by atoms with Crippen molar-refractivity contribution in [1.82, 2.24) is 25.1 Å². The molecule has 31 heavy (non-hydrogen) atoms. The summed E-state index contributed by atoms with van der Waals surface area (Å²) in [7, 11) is 3.13. The molecule has 2 atom stereocenters. The second-order valence-corrected chi connectivity index (χ2v) is 7.65. The lowest BCUT2D eigenvalue weighted by Crippen LogP contribution is -2.50. The van der Waals surface area contributed by atoms with E-state index in [4.69, 9.17) is 4.74 Å². The molecule has 11 heteroatoms. The molecular formula is C20H32IN7O3. The summed E-state index contributed by atoms with van der Waals surface area (Å²) in [6, 6.07) is 1.79. The molecule has 0 radical (unpaired) electrons. The van der Waals surface area contributed by atoms with Crippen LogP contribution in [0.2, 0.25) is 0 Å². The van der Waals surface area contributed by atoms with Crippen LogP contribution in [-0.2, 0) is 14.3 Å². The fourth-order valence-corrected chi connectivity index (χ4v) is 3.98. The van der Waals surface area contributed by atoms with Crippen LogP contribution in [0.4, 0.5) is 5.95 Å². The number of aromatic nitrogens is 2. The fourth-order valence-electron chi connectivity index (χ4n) is 3.98. The van der Waals surface area contributed by atoms with Gasteiger partial charge >= 0.3 is 5.97 Å². The van der Waals surface area contributed by atoms with Crippen molar-refractivity contribution in [3.8, 4) is 0 Å². The SMILES string of the molecule is CN=C(NCCC(=O)N1CCN(c2ncccn2)CC1)N1CC(C)C(C(=O)OC)C1.I. The van der Waals surface area contributed by atoms with E-state index in [1.165, 1.54) is 7.11 Å². The number of ether oxygens (including phenoxy) is 1. The highest BCUT2D eigenvalue weighted by atomic mass is 127. The molecule has 2 unspecified atom stereocenters. The molecule has 3 heterocycles. The third-order valence-electron chi connectivity index (χ3n) is 5.72. The largest absolute Gasteiger partial charge is 0.469 e. The molecule has 0 aromatic carbocycles. The highest BCUT2D eigenvalue weighted by molar-refractivity contribution is 14.0. The highest BCUT2D eigenvalue weighted by Crippen LogP contribution is 2.24. The van der Waals surface area contributed by atoms with Gasteiger partial charge in [-0.3, -0.25) is 14.6 Å². The molecule has 10 nitrogen and oxygen atoms in total. The molecule has 1 amide bonds. The number of carbonyl (C=O) groups excluding carboxylic acids is 2. The van der Waals surface area contributed by atoms with Crippen molar-refractivity contribution in [2.24, 2.45) is 16.8 Å². The normalized spacial score (nSPS) is 21.5. The predicted molar refractivity (Wildman–Crippen MR) is 128 cm³/mol. The van der Waals surface area contributed by atoms with Crippen molar-refractivity contribution in [2.75, 3.05) is 64.9 Å². The van der Waals surface area contributed by atoms with Crippen molar-refractivity contribution in [3.05, 3.63) is 18.5 Å². The standard InChI is InChI=1S/C20H31N7O3.HI/c1-15-13-27(14-16(15)18(29)30-3)19(21-2)24-8-5-17(28)25-9-11-26(12-10-25)20-22-6-4-7-23-20;/h4,6-7,15-16H,5,8-14H2,1-3H3,(H,21,24);1H. The summed E-state index contributed by atoms with van der Waals surface area (Å²) in [5.41, 5.74) is 0. The first kappa shape index (κ1) is 25.1. The van der Waals surface area contributed by atoms with E-state index < -0.39 is 0 Å². The first-order valence-corrected chi connectivity index (χ1v) is 10.4. The van der Waals surface area contributed by atoms with Gasteiger partial charge in [-0.15, -0.1) is 24.0 Å². The molecule has 172 valence electrons. The molecular weight excluding hydrogens is 513 g/mol. The topological polar surface area (TPSA) is 103 Å². The molecule has 1 N–H and O–H groups in total.